The minimum Gasteiger partial charge on any atom is -0.394 e. The Morgan fingerprint density at radius 2 is 1.90 bits per heavy atom. The van der Waals surface area contributed by atoms with Gasteiger partial charge in [0, 0.05) is 32.4 Å². The molecule has 1 fully saturated rings. The van der Waals surface area contributed by atoms with Crippen molar-refractivity contribution in [3.05, 3.63) is 53.7 Å². The highest BCUT2D eigenvalue weighted by Gasteiger charge is 2.48. The van der Waals surface area contributed by atoms with Crippen LogP contribution in [-0.2, 0) is 16.6 Å². The van der Waals surface area contributed by atoms with Gasteiger partial charge in [-0.1, -0.05) is 5.21 Å². The number of nitrogens with zero attached hydrogens (tertiary/aromatic N) is 6. The fourth-order valence-corrected chi connectivity index (χ4v) is 5.68. The predicted octanol–water partition coefficient (Wildman–Crippen LogP) is 0.390. The van der Waals surface area contributed by atoms with Crippen molar-refractivity contribution in [2.24, 2.45) is 7.05 Å². The number of carbonyl (C=O) groups is 1. The van der Waals surface area contributed by atoms with E-state index in [2.05, 4.69) is 15.4 Å². The van der Waals surface area contributed by atoms with Crippen LogP contribution in [0.3, 0.4) is 0 Å². The molecular weight excluding hydrogens is 557 g/mol. The summed E-state index contributed by atoms with van der Waals surface area (Å²) in [5.74, 6) is -5.01. The lowest BCUT2D eigenvalue weighted by Crippen LogP contribution is -2.56. The van der Waals surface area contributed by atoms with Crippen molar-refractivity contribution < 1.29 is 43.1 Å². The summed E-state index contributed by atoms with van der Waals surface area (Å²) in [6.45, 7) is 1.40. The highest BCUT2D eigenvalue weighted by atomic mass is 32.2. The number of aryl methyl sites for hydroxylation is 1. The molecule has 1 saturated heterocycles. The fourth-order valence-electron chi connectivity index (χ4n) is 4.28. The number of carbonyl (C=O) groups excluding carboxylic acids is 1. The Labute approximate surface area is 231 Å². The summed E-state index contributed by atoms with van der Waals surface area (Å²) in [5, 5.41) is 53.8. The first-order chi connectivity index (χ1) is 19.0. The summed E-state index contributed by atoms with van der Waals surface area (Å²) in [6, 6.07) is 1.68. The summed E-state index contributed by atoms with van der Waals surface area (Å²) < 4.78 is 49.2. The summed E-state index contributed by atoms with van der Waals surface area (Å²) in [7, 11) is 3.19. The second-order valence-corrected chi connectivity index (χ2v) is 10.5. The van der Waals surface area contributed by atoms with Crippen LogP contribution < -0.4 is 0 Å². The first-order valence-corrected chi connectivity index (χ1v) is 13.2. The third-order valence-corrected chi connectivity index (χ3v) is 8.05. The number of hydrogen-bond donors (Lipinski definition) is 4. The molecule has 0 radical (unpaired) electrons. The van der Waals surface area contributed by atoms with Crippen LogP contribution >= 0.6 is 11.8 Å². The van der Waals surface area contributed by atoms with Gasteiger partial charge in [0.05, 0.1) is 18.5 Å². The molecule has 12 nitrogen and oxygen atoms in total. The van der Waals surface area contributed by atoms with E-state index in [1.807, 2.05) is 0 Å². The molecule has 2 aromatic heterocycles. The zero-order chi connectivity index (χ0) is 29.3. The van der Waals surface area contributed by atoms with Gasteiger partial charge in [0.1, 0.15) is 46.8 Å². The molecule has 0 bridgehead atoms. The maximum atomic E-state index is 13.8. The van der Waals surface area contributed by atoms with Gasteiger partial charge in [-0.25, -0.2) is 17.9 Å². The van der Waals surface area contributed by atoms with E-state index in [9.17, 15) is 38.4 Å². The van der Waals surface area contributed by atoms with Crippen molar-refractivity contribution in [1.82, 2.24) is 29.7 Å². The van der Waals surface area contributed by atoms with E-state index in [1.54, 1.807) is 27.2 Å². The molecule has 3 aromatic rings. The van der Waals surface area contributed by atoms with Gasteiger partial charge in [-0.2, -0.15) is 5.10 Å². The Morgan fingerprint density at radius 1 is 1.23 bits per heavy atom. The highest BCUT2D eigenvalue weighted by molar-refractivity contribution is 8.01. The molecule has 0 saturated carbocycles. The number of aliphatic hydroxyl groups is 4. The largest absolute Gasteiger partial charge is 0.394 e. The quantitative estimate of drug-likeness (QED) is 0.259. The standard InChI is InChI=1S/C24H29F3N6O6S/c1-4-31(2)23(38)22(19(35)14-5-6-32(3)29-14)40-24-21(37)18(20(36)16(10-34)39-24)33-9-15(28-30-33)11-7-12(25)17(27)13(26)8-11/h5-9,16,18-22,24,34-37H,4,10H2,1-3H3/t16-,18+,19?,20+,21-,22?,24+/m1/s1. The van der Waals surface area contributed by atoms with Crippen LogP contribution in [0.4, 0.5) is 13.2 Å². The van der Waals surface area contributed by atoms with Gasteiger partial charge < -0.3 is 30.1 Å². The second-order valence-electron chi connectivity index (χ2n) is 9.30. The number of aromatic nitrogens is 5. The van der Waals surface area contributed by atoms with Crippen LogP contribution in [0.25, 0.3) is 11.3 Å². The van der Waals surface area contributed by atoms with Crippen molar-refractivity contribution in [1.29, 1.82) is 0 Å². The fraction of sp³-hybridized carbons (Fsp3) is 0.500. The van der Waals surface area contributed by atoms with Crippen LogP contribution in [0.15, 0.2) is 30.6 Å². The number of thioether (sulfide) groups is 1. The first-order valence-electron chi connectivity index (χ1n) is 12.2. The topological polar surface area (TPSA) is 159 Å². The number of rotatable bonds is 9. The molecule has 0 aliphatic carbocycles. The van der Waals surface area contributed by atoms with Crippen molar-refractivity contribution in [2.75, 3.05) is 20.2 Å². The summed E-state index contributed by atoms with van der Waals surface area (Å²) in [4.78, 5) is 14.6. The second kappa shape index (κ2) is 12.2. The molecule has 4 rings (SSSR count). The molecule has 4 N–H and O–H groups in total. The lowest BCUT2D eigenvalue weighted by atomic mass is 9.97. The maximum absolute atomic E-state index is 13.8. The summed E-state index contributed by atoms with van der Waals surface area (Å²) in [5.41, 5.74) is -1.29. The van der Waals surface area contributed by atoms with Crippen LogP contribution in [0.5, 0.6) is 0 Å². The van der Waals surface area contributed by atoms with E-state index in [-0.39, 0.29) is 17.0 Å². The first kappa shape index (κ1) is 30.0. The number of aliphatic hydroxyl groups excluding tert-OH is 4. The molecule has 2 unspecified atom stereocenters. The van der Waals surface area contributed by atoms with Gasteiger partial charge in [-0.05, 0) is 25.1 Å². The van der Waals surface area contributed by atoms with Crippen LogP contribution in [-0.4, -0.2) is 105 Å². The zero-order valence-corrected chi connectivity index (χ0v) is 22.5. The van der Waals surface area contributed by atoms with Crippen molar-refractivity contribution in [3.63, 3.8) is 0 Å². The van der Waals surface area contributed by atoms with Crippen molar-refractivity contribution >= 4 is 17.7 Å². The molecule has 1 aromatic carbocycles. The number of amides is 1. The summed E-state index contributed by atoms with van der Waals surface area (Å²) in [6.07, 6.45) is -2.97. The number of hydrogen-bond acceptors (Lipinski definition) is 10. The van der Waals surface area contributed by atoms with Crippen molar-refractivity contribution in [3.8, 4) is 11.3 Å². The van der Waals surface area contributed by atoms with Gasteiger partial charge >= 0.3 is 0 Å². The van der Waals surface area contributed by atoms with Gasteiger partial charge in [-0.15, -0.1) is 16.9 Å². The van der Waals surface area contributed by atoms with Crippen molar-refractivity contribution in [2.45, 2.75) is 48.1 Å². The normalized spacial score (nSPS) is 24.6. The number of benzene rings is 1. The van der Waals surface area contributed by atoms with Gasteiger partial charge in [0.15, 0.2) is 17.5 Å². The molecule has 1 aliphatic rings. The molecule has 40 heavy (non-hydrogen) atoms. The molecular formula is C24H29F3N6O6S. The Balaban J connectivity index is 1.65. The zero-order valence-electron chi connectivity index (χ0n) is 21.7. The van der Waals surface area contributed by atoms with E-state index >= 15 is 0 Å². The number of ether oxygens (including phenoxy) is 1. The van der Waals surface area contributed by atoms with E-state index in [4.69, 9.17) is 4.74 Å². The molecule has 0 spiro atoms. The van der Waals surface area contributed by atoms with E-state index < -0.39 is 71.1 Å². The SMILES string of the molecule is CCN(C)C(=O)C(S[C@@H]1O[C@H](CO)[C@H](O)[C@H](n2cc(-c3cc(F)c(F)c(F)c3)nn2)[C@H]1O)C(O)c1ccn(C)n1. The Morgan fingerprint density at radius 3 is 2.48 bits per heavy atom. The minimum atomic E-state index is -1.65. The van der Waals surface area contributed by atoms with E-state index in [0.29, 0.717) is 6.54 Å². The lowest BCUT2D eigenvalue weighted by molar-refractivity contribution is -0.178. The molecule has 218 valence electrons. The molecule has 7 atom stereocenters. The smallest absolute Gasteiger partial charge is 0.238 e. The van der Waals surface area contributed by atoms with Gasteiger partial charge in [0.2, 0.25) is 5.91 Å². The molecule has 1 amide bonds. The van der Waals surface area contributed by atoms with Crippen LogP contribution in [0, 0.1) is 17.5 Å². The molecule has 3 heterocycles. The lowest BCUT2D eigenvalue weighted by Gasteiger charge is -2.43. The predicted molar refractivity (Wildman–Crippen MR) is 135 cm³/mol. The minimum absolute atomic E-state index is 0.0864. The maximum Gasteiger partial charge on any atom is 0.238 e. The Bertz CT molecular complexity index is 1320. The third kappa shape index (κ3) is 5.87. The van der Waals surface area contributed by atoms with Crippen LogP contribution in [0.1, 0.15) is 24.8 Å². The third-order valence-electron chi connectivity index (χ3n) is 6.64. The molecule has 16 heteroatoms. The Hall–Kier alpha value is -3.02. The molecule has 1 aliphatic heterocycles. The average Bonchev–Trinajstić information content (AvgIpc) is 3.59. The average molecular weight is 587 g/mol. The Kier molecular flexibility index (Phi) is 9.16. The highest BCUT2D eigenvalue weighted by Crippen LogP contribution is 2.40. The van der Waals surface area contributed by atoms with E-state index in [0.717, 1.165) is 28.6 Å². The number of halogens is 3. The van der Waals surface area contributed by atoms with Gasteiger partial charge in [-0.3, -0.25) is 9.48 Å². The monoisotopic (exact) mass is 586 g/mol. The van der Waals surface area contributed by atoms with Crippen LogP contribution in [0.2, 0.25) is 0 Å². The van der Waals surface area contributed by atoms with E-state index in [1.165, 1.54) is 21.8 Å². The summed E-state index contributed by atoms with van der Waals surface area (Å²) >= 11 is 0.779. The van der Waals surface area contributed by atoms with Gasteiger partial charge in [0.25, 0.3) is 0 Å².